The minimum atomic E-state index is -1.40. The Balaban J connectivity index is 1.28. The number of fused-ring (bicyclic) bond motifs is 1. The van der Waals surface area contributed by atoms with Crippen LogP contribution in [0.3, 0.4) is 0 Å². The minimum Gasteiger partial charge on any atom is -0.479 e. The summed E-state index contributed by atoms with van der Waals surface area (Å²) in [6.45, 7) is 7.72. The van der Waals surface area contributed by atoms with Crippen LogP contribution in [0.5, 0.6) is 5.75 Å². The summed E-state index contributed by atoms with van der Waals surface area (Å²) in [5, 5.41) is 25.1. The molecule has 44 heavy (non-hydrogen) atoms. The predicted octanol–water partition coefficient (Wildman–Crippen LogP) is 3.20. The topological polar surface area (TPSA) is 131 Å². The van der Waals surface area contributed by atoms with Gasteiger partial charge in [-0.1, -0.05) is 33.8 Å². The second kappa shape index (κ2) is 11.4. The number of hydrogen-bond acceptors (Lipinski definition) is 8. The zero-order valence-electron chi connectivity index (χ0n) is 26.2. The van der Waals surface area contributed by atoms with Crippen LogP contribution in [0.2, 0.25) is 0 Å². The number of halogens is 1. The van der Waals surface area contributed by atoms with E-state index in [1.54, 1.807) is 6.07 Å². The molecule has 4 saturated carbocycles. The van der Waals surface area contributed by atoms with E-state index in [0.29, 0.717) is 24.8 Å². The Hall–Kier alpha value is -2.50. The fourth-order valence-corrected chi connectivity index (χ4v) is 9.23. The summed E-state index contributed by atoms with van der Waals surface area (Å²) in [6.07, 6.45) is 4.13. The highest BCUT2D eigenvalue weighted by Crippen LogP contribution is 2.68. The molecule has 8 atom stereocenters. The summed E-state index contributed by atoms with van der Waals surface area (Å²) < 4.78 is 32.0. The van der Waals surface area contributed by atoms with E-state index in [1.165, 1.54) is 6.07 Å². The Morgan fingerprint density at radius 3 is 2.66 bits per heavy atom. The van der Waals surface area contributed by atoms with Crippen LogP contribution in [0, 0.1) is 39.8 Å². The van der Waals surface area contributed by atoms with Crippen molar-refractivity contribution in [2.75, 3.05) is 6.61 Å². The average Bonchev–Trinajstić information content (AvgIpc) is 3.62. The number of carbonyl (C=O) groups excluding carboxylic acids is 3. The Kier molecular flexibility index (Phi) is 8.15. The van der Waals surface area contributed by atoms with Gasteiger partial charge in [0.1, 0.15) is 11.9 Å². The lowest BCUT2D eigenvalue weighted by Gasteiger charge is -2.62. The Bertz CT molecular complexity index is 1340. The van der Waals surface area contributed by atoms with E-state index >= 15 is 4.39 Å². The molecule has 1 amide bonds. The molecule has 1 aliphatic heterocycles. The number of aliphatic hydroxyl groups excluding tert-OH is 1. The van der Waals surface area contributed by atoms with E-state index < -0.39 is 54.0 Å². The van der Waals surface area contributed by atoms with E-state index in [1.807, 2.05) is 6.92 Å². The zero-order valence-corrected chi connectivity index (χ0v) is 26.2. The summed E-state index contributed by atoms with van der Waals surface area (Å²) in [5.41, 5.74) is -1.38. The van der Waals surface area contributed by atoms with Crippen molar-refractivity contribution in [3.05, 3.63) is 23.5 Å². The van der Waals surface area contributed by atoms with E-state index in [0.717, 1.165) is 25.7 Å². The summed E-state index contributed by atoms with van der Waals surface area (Å²) in [7, 11) is -1.40. The fourth-order valence-electron chi connectivity index (χ4n) is 9.23. The van der Waals surface area contributed by atoms with E-state index in [-0.39, 0.29) is 66.1 Å². The third-order valence-corrected chi connectivity index (χ3v) is 12.3. The smallest absolute Gasteiger partial charge is 0.479 e. The maximum absolute atomic E-state index is 15.1. The van der Waals surface area contributed by atoms with Crippen molar-refractivity contribution in [3.63, 3.8) is 0 Å². The van der Waals surface area contributed by atoms with Gasteiger partial charge in [0, 0.05) is 35.7 Å². The number of rotatable bonds is 8. The quantitative estimate of drug-likeness (QED) is 0.301. The van der Waals surface area contributed by atoms with Crippen LogP contribution in [0.4, 0.5) is 4.39 Å². The summed E-state index contributed by atoms with van der Waals surface area (Å²) in [5.74, 6) is -2.07. The third kappa shape index (κ3) is 5.16. The molecular weight excluding hydrogens is 568 g/mol. The van der Waals surface area contributed by atoms with E-state index in [9.17, 15) is 24.5 Å². The maximum Gasteiger partial charge on any atom is 0.494 e. The summed E-state index contributed by atoms with van der Waals surface area (Å²) in [4.78, 5) is 39.9. The molecule has 11 heteroatoms. The highest BCUT2D eigenvalue weighted by molar-refractivity contribution is 6.61. The normalized spacial score (nSPS) is 37.9. The SMILES string of the molecule is C[C@@H]1CC[C@@]23CCC(=O)[C@H]2[C@]1(C)[C@H](OC(=O)COc1ccc2c(c1F)B(O)OC2)C[C@@](C)(CCC(=O)NC1CC1)[C@@H](O)[C@@H]3C. The van der Waals surface area contributed by atoms with Gasteiger partial charge in [0.05, 0.1) is 12.7 Å². The second-order valence-electron chi connectivity index (χ2n) is 14.8. The molecule has 0 saturated heterocycles. The van der Waals surface area contributed by atoms with Crippen LogP contribution < -0.4 is 15.5 Å². The molecule has 2 bridgehead atoms. The minimum absolute atomic E-state index is 0.000101. The maximum atomic E-state index is 15.1. The number of carbonyl (C=O) groups is 3. The van der Waals surface area contributed by atoms with Crippen molar-refractivity contribution in [2.24, 2.45) is 34.0 Å². The number of nitrogens with one attached hydrogen (secondary N) is 1. The van der Waals surface area contributed by atoms with Gasteiger partial charge in [0.25, 0.3) is 0 Å². The van der Waals surface area contributed by atoms with Gasteiger partial charge in [-0.15, -0.1) is 0 Å². The van der Waals surface area contributed by atoms with Crippen LogP contribution >= 0.6 is 0 Å². The lowest BCUT2D eigenvalue weighted by atomic mass is 9.43. The third-order valence-electron chi connectivity index (χ3n) is 12.3. The van der Waals surface area contributed by atoms with E-state index in [4.69, 9.17) is 14.1 Å². The van der Waals surface area contributed by atoms with Crippen molar-refractivity contribution in [2.45, 2.75) is 110 Å². The standard InChI is InChI=1S/C33H45BFNO8/c1-18-9-13-33-14-10-22(37)29(33)32(18,4)24(15-31(3,30(40)19(33)2)12-11-25(38)36-21-6-7-21)44-26(39)17-42-23-8-5-20-16-43-34(41)27(20)28(23)35/h5,8,18-19,21,24,29-30,40-41H,6-7,9-17H2,1-4H3,(H,36,38)/t18-,19+,24-,29+,30+,31-,32+,33+/m1/s1. The molecule has 1 heterocycles. The van der Waals surface area contributed by atoms with Crippen molar-refractivity contribution in [1.29, 1.82) is 0 Å². The van der Waals surface area contributed by atoms with Gasteiger partial charge in [-0.25, -0.2) is 9.18 Å². The number of ether oxygens (including phenoxy) is 2. The molecule has 4 aliphatic carbocycles. The Labute approximate surface area is 258 Å². The molecule has 1 aromatic rings. The zero-order chi connectivity index (χ0) is 31.6. The molecule has 0 aromatic heterocycles. The van der Waals surface area contributed by atoms with Gasteiger partial charge in [-0.2, -0.15) is 0 Å². The molecule has 6 rings (SSSR count). The van der Waals surface area contributed by atoms with Gasteiger partial charge < -0.3 is 29.6 Å². The van der Waals surface area contributed by atoms with Crippen LogP contribution in [-0.4, -0.2) is 59.8 Å². The molecule has 5 aliphatic rings. The summed E-state index contributed by atoms with van der Waals surface area (Å²) >= 11 is 0. The second-order valence-corrected chi connectivity index (χ2v) is 14.8. The predicted molar refractivity (Wildman–Crippen MR) is 159 cm³/mol. The van der Waals surface area contributed by atoms with E-state index in [2.05, 4.69) is 26.1 Å². The molecule has 3 N–H and O–H groups in total. The molecule has 1 aromatic carbocycles. The highest BCUT2D eigenvalue weighted by atomic mass is 19.1. The van der Waals surface area contributed by atoms with Gasteiger partial charge >= 0.3 is 13.1 Å². The van der Waals surface area contributed by atoms with Crippen molar-refractivity contribution < 1.29 is 43.0 Å². The first kappa shape index (κ1) is 31.5. The number of amides is 1. The van der Waals surface area contributed by atoms with Crippen molar-refractivity contribution in [3.8, 4) is 5.75 Å². The first-order valence-electron chi connectivity index (χ1n) is 16.2. The number of benzene rings is 1. The van der Waals surface area contributed by atoms with Gasteiger partial charge in [-0.3, -0.25) is 9.59 Å². The Morgan fingerprint density at radius 1 is 1.18 bits per heavy atom. The highest BCUT2D eigenvalue weighted by Gasteiger charge is 2.68. The van der Waals surface area contributed by atoms with Gasteiger partial charge in [0.2, 0.25) is 5.91 Å². The average molecular weight is 614 g/mol. The fraction of sp³-hybridized carbons (Fsp3) is 0.727. The first-order chi connectivity index (χ1) is 20.8. The molecule has 0 unspecified atom stereocenters. The molecule has 9 nitrogen and oxygen atoms in total. The van der Waals surface area contributed by atoms with Gasteiger partial charge in [0.15, 0.2) is 18.2 Å². The monoisotopic (exact) mass is 613 g/mol. The Morgan fingerprint density at radius 2 is 1.93 bits per heavy atom. The molecule has 240 valence electrons. The number of Topliss-reactive ketones (excluding diaryl/α,β-unsaturated/α-hetero) is 1. The number of esters is 1. The molecule has 4 fully saturated rings. The molecular formula is C33H45BFNO8. The first-order valence-corrected chi connectivity index (χ1v) is 16.2. The molecule has 0 radical (unpaired) electrons. The number of hydrogen-bond donors (Lipinski definition) is 3. The van der Waals surface area contributed by atoms with Crippen LogP contribution in [-0.2, 0) is 30.4 Å². The summed E-state index contributed by atoms with van der Waals surface area (Å²) in [6, 6.07) is 3.23. The number of aliphatic hydroxyl groups is 1. The van der Waals surface area contributed by atoms with Crippen LogP contribution in [0.25, 0.3) is 0 Å². The van der Waals surface area contributed by atoms with Crippen LogP contribution in [0.1, 0.15) is 91.0 Å². The lowest BCUT2D eigenvalue weighted by Crippen LogP contribution is -2.63. The van der Waals surface area contributed by atoms with Crippen molar-refractivity contribution in [1.82, 2.24) is 5.32 Å². The molecule has 0 spiro atoms. The van der Waals surface area contributed by atoms with Crippen molar-refractivity contribution >= 4 is 30.2 Å². The lowest BCUT2D eigenvalue weighted by molar-refractivity contribution is -0.213. The largest absolute Gasteiger partial charge is 0.494 e. The number of ketones is 1. The van der Waals surface area contributed by atoms with Gasteiger partial charge in [-0.05, 0) is 79.2 Å². The van der Waals surface area contributed by atoms with Crippen LogP contribution in [0.15, 0.2) is 12.1 Å².